The highest BCUT2D eigenvalue weighted by atomic mass is 16.5. The fourth-order valence-corrected chi connectivity index (χ4v) is 4.12. The summed E-state index contributed by atoms with van der Waals surface area (Å²) in [6.45, 7) is 15.1. The Bertz CT molecular complexity index is 469. The van der Waals surface area contributed by atoms with Crippen LogP contribution in [0.25, 0.3) is 0 Å². The number of hydrogen-bond donors (Lipinski definition) is 3. The van der Waals surface area contributed by atoms with E-state index in [0.717, 1.165) is 97.8 Å². The van der Waals surface area contributed by atoms with Gasteiger partial charge in [0.1, 0.15) is 0 Å². The van der Waals surface area contributed by atoms with Crippen LogP contribution in [0.5, 0.6) is 0 Å². The molecule has 11 heteroatoms. The lowest BCUT2D eigenvalue weighted by Crippen LogP contribution is -2.33. The van der Waals surface area contributed by atoms with Gasteiger partial charge in [-0.1, -0.05) is 26.2 Å². The van der Waals surface area contributed by atoms with Crippen molar-refractivity contribution in [2.75, 3.05) is 138 Å². The van der Waals surface area contributed by atoms with Crippen molar-refractivity contribution in [3.63, 3.8) is 0 Å². The zero-order valence-electron chi connectivity index (χ0n) is 26.2. The zero-order chi connectivity index (χ0) is 29.9. The highest BCUT2D eigenvalue weighted by Crippen LogP contribution is 2.05. The Balaban J connectivity index is 3.71. The van der Waals surface area contributed by atoms with E-state index in [1.165, 1.54) is 19.3 Å². The van der Waals surface area contributed by atoms with E-state index in [0.29, 0.717) is 52.9 Å². The quantitative estimate of drug-likeness (QED) is 0.0918. The maximum absolute atomic E-state index is 8.87. The Kier molecular flexibility index (Phi) is 35.4. The van der Waals surface area contributed by atoms with Crippen molar-refractivity contribution in [2.45, 2.75) is 58.3 Å². The molecule has 0 saturated heterocycles. The summed E-state index contributed by atoms with van der Waals surface area (Å²) in [5.41, 5.74) is 0. The molecule has 0 heterocycles. The average Bonchev–Trinajstić information content (AvgIpc) is 2.98. The van der Waals surface area contributed by atoms with Crippen LogP contribution in [0.1, 0.15) is 58.3 Å². The highest BCUT2D eigenvalue weighted by molar-refractivity contribution is 4.59. The normalized spacial score (nSPS) is 11.9. The van der Waals surface area contributed by atoms with Gasteiger partial charge < -0.3 is 43.7 Å². The second-order valence-corrected chi connectivity index (χ2v) is 10.0. The summed E-state index contributed by atoms with van der Waals surface area (Å²) in [6.07, 6.45) is 8.74. The van der Waals surface area contributed by atoms with Crippen LogP contribution >= 0.6 is 0 Å². The monoisotopic (exact) mass is 596 g/mol. The molecule has 0 atom stereocenters. The topological polar surface area (TPSA) is 123 Å². The van der Waals surface area contributed by atoms with Crippen LogP contribution in [0.4, 0.5) is 0 Å². The minimum atomic E-state index is 0.0520. The molecule has 0 radical (unpaired) electrons. The molecule has 0 aromatic carbocycles. The molecule has 41 heavy (non-hydrogen) atoms. The highest BCUT2D eigenvalue weighted by Gasteiger charge is 2.06. The maximum Gasteiger partial charge on any atom is 0.0698 e. The molecule has 0 fully saturated rings. The van der Waals surface area contributed by atoms with Gasteiger partial charge in [0.2, 0.25) is 0 Å². The summed E-state index contributed by atoms with van der Waals surface area (Å²) in [7, 11) is 0. The number of aliphatic hydroxyl groups is 3. The van der Waals surface area contributed by atoms with E-state index in [4.69, 9.17) is 43.7 Å². The third kappa shape index (κ3) is 32.3. The van der Waals surface area contributed by atoms with Gasteiger partial charge in [0.25, 0.3) is 0 Å². The van der Waals surface area contributed by atoms with Gasteiger partial charge in [-0.25, -0.2) is 0 Å². The van der Waals surface area contributed by atoms with Crippen molar-refractivity contribution in [1.82, 2.24) is 9.80 Å². The molecule has 0 unspecified atom stereocenters. The van der Waals surface area contributed by atoms with Gasteiger partial charge in [-0.2, -0.15) is 0 Å². The molecule has 0 spiro atoms. The molecule has 0 rings (SSSR count). The van der Waals surface area contributed by atoms with Crippen LogP contribution in [0.3, 0.4) is 0 Å². The molecule has 0 aliphatic heterocycles. The first-order chi connectivity index (χ1) is 20.3. The van der Waals surface area contributed by atoms with Crippen LogP contribution in [0.2, 0.25) is 0 Å². The Labute approximate surface area is 250 Å². The number of unbranched alkanes of at least 4 members (excludes halogenated alkanes) is 4. The Morgan fingerprint density at radius 1 is 0.341 bits per heavy atom. The Morgan fingerprint density at radius 3 is 1.22 bits per heavy atom. The number of rotatable bonds is 36. The molecule has 0 aliphatic carbocycles. The van der Waals surface area contributed by atoms with Crippen molar-refractivity contribution in [3.05, 3.63) is 0 Å². The van der Waals surface area contributed by atoms with Crippen molar-refractivity contribution in [3.8, 4) is 0 Å². The third-order valence-electron chi connectivity index (χ3n) is 6.37. The number of nitrogens with zero attached hydrogens (tertiary/aromatic N) is 2. The molecule has 11 nitrogen and oxygen atoms in total. The van der Waals surface area contributed by atoms with Gasteiger partial charge in [0.05, 0.1) is 66.1 Å². The van der Waals surface area contributed by atoms with Gasteiger partial charge in [0.15, 0.2) is 0 Å². The molecule has 0 aromatic heterocycles. The van der Waals surface area contributed by atoms with Crippen molar-refractivity contribution in [2.24, 2.45) is 0 Å². The zero-order valence-corrected chi connectivity index (χ0v) is 26.2. The van der Waals surface area contributed by atoms with Gasteiger partial charge in [-0.05, 0) is 38.6 Å². The number of ether oxygens (including phenoxy) is 6. The molecule has 0 amide bonds. The second-order valence-electron chi connectivity index (χ2n) is 10.0. The number of hydrogen-bond acceptors (Lipinski definition) is 11. The lowest BCUT2D eigenvalue weighted by Gasteiger charge is -2.22. The van der Waals surface area contributed by atoms with E-state index in [1.54, 1.807) is 0 Å². The minimum absolute atomic E-state index is 0.0520. The first-order valence-corrected chi connectivity index (χ1v) is 16.0. The number of aliphatic hydroxyl groups excluding tert-OH is 3. The summed E-state index contributed by atoms with van der Waals surface area (Å²) >= 11 is 0. The average molecular weight is 597 g/mol. The summed E-state index contributed by atoms with van der Waals surface area (Å²) in [6, 6.07) is 0. The summed E-state index contributed by atoms with van der Waals surface area (Å²) in [5, 5.41) is 26.6. The van der Waals surface area contributed by atoms with Crippen LogP contribution in [0.15, 0.2) is 0 Å². The second kappa shape index (κ2) is 35.8. The van der Waals surface area contributed by atoms with Crippen LogP contribution in [-0.4, -0.2) is 163 Å². The van der Waals surface area contributed by atoms with Crippen molar-refractivity contribution < 1.29 is 43.7 Å². The Hall–Kier alpha value is -0.440. The fraction of sp³-hybridized carbons (Fsp3) is 1.00. The minimum Gasteiger partial charge on any atom is -0.394 e. The predicted molar refractivity (Wildman–Crippen MR) is 162 cm³/mol. The third-order valence-corrected chi connectivity index (χ3v) is 6.37. The van der Waals surface area contributed by atoms with Crippen LogP contribution in [0, 0.1) is 0 Å². The van der Waals surface area contributed by atoms with Gasteiger partial charge in [-0.15, -0.1) is 0 Å². The van der Waals surface area contributed by atoms with E-state index < -0.39 is 0 Å². The fourth-order valence-electron chi connectivity index (χ4n) is 4.12. The van der Waals surface area contributed by atoms with E-state index in [1.807, 2.05) is 0 Å². The van der Waals surface area contributed by atoms with Crippen molar-refractivity contribution in [1.29, 1.82) is 0 Å². The summed E-state index contributed by atoms with van der Waals surface area (Å²) in [4.78, 5) is 4.66. The SMILES string of the molecule is CCCOCCCN(CCOCCO)CCOCCCOCCCCCCCN(CCOCCO)CCOCCO. The van der Waals surface area contributed by atoms with Crippen LogP contribution in [-0.2, 0) is 28.4 Å². The lowest BCUT2D eigenvalue weighted by atomic mass is 10.1. The Morgan fingerprint density at radius 2 is 0.707 bits per heavy atom. The molecular weight excluding hydrogens is 532 g/mol. The predicted octanol–water partition coefficient (Wildman–Crippen LogP) is 1.81. The molecule has 248 valence electrons. The lowest BCUT2D eigenvalue weighted by molar-refractivity contribution is 0.0471. The van der Waals surface area contributed by atoms with Gasteiger partial charge >= 0.3 is 0 Å². The van der Waals surface area contributed by atoms with E-state index in [9.17, 15) is 0 Å². The summed E-state index contributed by atoms with van der Waals surface area (Å²) in [5.74, 6) is 0. The van der Waals surface area contributed by atoms with Gasteiger partial charge in [0, 0.05) is 65.8 Å². The molecular formula is C30H64N2O9. The smallest absolute Gasteiger partial charge is 0.0698 e. The van der Waals surface area contributed by atoms with E-state index in [-0.39, 0.29) is 19.8 Å². The van der Waals surface area contributed by atoms with E-state index >= 15 is 0 Å². The standard InChI is InChI=1S/C30H64N2O9/c1-2-19-36-21-8-11-32(15-27-41-30-18-35)12-24-38-23-9-22-37-20-7-5-3-4-6-10-31(13-25-39-28-16-33)14-26-40-29-17-34/h33-35H,2-30H2,1H3. The molecule has 3 N–H and O–H groups in total. The summed E-state index contributed by atoms with van der Waals surface area (Å²) < 4.78 is 33.4. The molecule has 0 aromatic rings. The van der Waals surface area contributed by atoms with E-state index in [2.05, 4.69) is 16.7 Å². The first kappa shape index (κ1) is 40.6. The first-order valence-electron chi connectivity index (χ1n) is 16.0. The molecule has 0 saturated carbocycles. The molecule has 0 bridgehead atoms. The largest absolute Gasteiger partial charge is 0.394 e. The van der Waals surface area contributed by atoms with Crippen LogP contribution < -0.4 is 0 Å². The van der Waals surface area contributed by atoms with Crippen molar-refractivity contribution >= 4 is 0 Å². The van der Waals surface area contributed by atoms with Gasteiger partial charge in [-0.3, -0.25) is 9.80 Å². The maximum atomic E-state index is 8.87. The molecule has 0 aliphatic rings.